The van der Waals surface area contributed by atoms with Crippen molar-refractivity contribution in [3.05, 3.63) is 10.4 Å². The minimum absolute atomic E-state index is 0. The molecule has 0 saturated heterocycles. The maximum Gasteiger partial charge on any atom is 1.00 e. The number of hydrogen-bond donors (Lipinski definition) is 1. The number of hydrogen-bond acceptors (Lipinski definition) is 4. The van der Waals surface area contributed by atoms with Crippen molar-refractivity contribution in [3.63, 3.8) is 0 Å². The van der Waals surface area contributed by atoms with E-state index in [1.165, 1.54) is 0 Å². The standard InChI is InChI=1S/C2H2N7.K/c3-1-5-2(7-6-1)8-9-4;/h(H2-,3,5,6,7);/q-1;+1. The molecule has 0 amide bonds. The van der Waals surface area contributed by atoms with Crippen molar-refractivity contribution in [2.45, 2.75) is 0 Å². The van der Waals surface area contributed by atoms with Crippen LogP contribution >= 0.6 is 0 Å². The average Bonchev–Trinajstić information content (AvgIpc) is 2.17. The Labute approximate surface area is 98.4 Å². The summed E-state index contributed by atoms with van der Waals surface area (Å²) in [6.07, 6.45) is 0. The Morgan fingerprint density at radius 2 is 2.30 bits per heavy atom. The number of anilines is 1. The molecule has 0 aliphatic rings. The zero-order valence-corrected chi connectivity index (χ0v) is 8.38. The minimum atomic E-state index is -0.0463. The van der Waals surface area contributed by atoms with Gasteiger partial charge in [0.05, 0.1) is 10.0 Å². The van der Waals surface area contributed by atoms with Crippen LogP contribution in [-0.2, 0) is 0 Å². The van der Waals surface area contributed by atoms with E-state index in [4.69, 9.17) is 11.3 Å². The number of nitrogens with zero attached hydrogens (tertiary/aromatic N) is 6. The monoisotopic (exact) mass is 163 g/mol. The number of nitrogen functional groups attached to an aromatic ring is 1. The fraction of sp³-hybridized carbons (Fsp3) is 0. The molecule has 7 nitrogen and oxygen atoms in total. The second-order valence-electron chi connectivity index (χ2n) is 1.16. The van der Waals surface area contributed by atoms with Crippen molar-refractivity contribution in [2.75, 3.05) is 5.73 Å². The molecule has 0 atom stereocenters. The number of azide groups is 1. The van der Waals surface area contributed by atoms with Crippen molar-refractivity contribution >= 4 is 11.9 Å². The summed E-state index contributed by atoms with van der Waals surface area (Å²) in [5.74, 6) is -0.0348. The molecule has 1 heterocycles. The van der Waals surface area contributed by atoms with Gasteiger partial charge in [-0.25, -0.2) is 5.10 Å². The van der Waals surface area contributed by atoms with Crippen LogP contribution in [0.3, 0.4) is 0 Å². The van der Waals surface area contributed by atoms with Gasteiger partial charge in [-0.05, 0) is 0 Å². The molecule has 0 saturated carbocycles. The van der Waals surface area contributed by atoms with Crippen molar-refractivity contribution in [2.24, 2.45) is 5.11 Å². The van der Waals surface area contributed by atoms with Crippen molar-refractivity contribution in [3.8, 4) is 0 Å². The van der Waals surface area contributed by atoms with E-state index >= 15 is 0 Å². The maximum absolute atomic E-state index is 7.84. The van der Waals surface area contributed by atoms with Crippen LogP contribution < -0.4 is 62.1 Å². The van der Waals surface area contributed by atoms with Gasteiger partial charge in [-0.2, -0.15) is 0 Å². The van der Waals surface area contributed by atoms with E-state index in [-0.39, 0.29) is 63.3 Å². The van der Waals surface area contributed by atoms with E-state index in [1.807, 2.05) is 0 Å². The Kier molecular flexibility index (Phi) is 4.61. The van der Waals surface area contributed by atoms with Gasteiger partial charge in [-0.1, -0.05) is 0 Å². The van der Waals surface area contributed by atoms with Gasteiger partial charge in [0.2, 0.25) is 5.95 Å². The van der Waals surface area contributed by atoms with Gasteiger partial charge in [-0.3, -0.25) is 10.1 Å². The zero-order chi connectivity index (χ0) is 6.69. The predicted molar refractivity (Wildman–Crippen MR) is 28.6 cm³/mol. The Morgan fingerprint density at radius 3 is 2.70 bits per heavy atom. The van der Waals surface area contributed by atoms with Gasteiger partial charge >= 0.3 is 51.4 Å². The van der Waals surface area contributed by atoms with E-state index in [1.54, 1.807) is 0 Å². The fourth-order valence-corrected chi connectivity index (χ4v) is 0.325. The van der Waals surface area contributed by atoms with E-state index in [0.29, 0.717) is 0 Å². The Hall–Kier alpha value is -0.114. The van der Waals surface area contributed by atoms with Gasteiger partial charge in [0.25, 0.3) is 0 Å². The summed E-state index contributed by atoms with van der Waals surface area (Å²) in [6.45, 7) is 0. The molecule has 10 heavy (non-hydrogen) atoms. The number of rotatable bonds is 1. The van der Waals surface area contributed by atoms with Crippen LogP contribution in [0, 0.1) is 0 Å². The molecule has 0 spiro atoms. The first-order chi connectivity index (χ1) is 4.33. The third-order valence-electron chi connectivity index (χ3n) is 0.591. The second kappa shape index (κ2) is 4.66. The van der Waals surface area contributed by atoms with Crippen molar-refractivity contribution < 1.29 is 51.4 Å². The summed E-state index contributed by atoms with van der Waals surface area (Å²) in [6, 6.07) is 0. The van der Waals surface area contributed by atoms with Crippen LogP contribution in [0.25, 0.3) is 10.4 Å². The largest absolute Gasteiger partial charge is 1.00 e. The summed E-state index contributed by atoms with van der Waals surface area (Å²) in [4.78, 5) is 5.86. The molecule has 0 bridgehead atoms. The molecular formula is C2H2KN7. The summed E-state index contributed by atoms with van der Waals surface area (Å²) in [5, 5.41) is 9.63. The molecule has 0 fully saturated rings. The van der Waals surface area contributed by atoms with Gasteiger partial charge in [0.1, 0.15) is 5.95 Å². The first-order valence-electron chi connectivity index (χ1n) is 2.01. The molecule has 0 aromatic carbocycles. The van der Waals surface area contributed by atoms with E-state index in [0.717, 1.165) is 0 Å². The summed E-state index contributed by atoms with van der Waals surface area (Å²) >= 11 is 0. The van der Waals surface area contributed by atoms with Gasteiger partial charge in [0, 0.05) is 5.53 Å². The number of aromatic nitrogens is 3. The third kappa shape index (κ3) is 2.65. The molecule has 0 unspecified atom stereocenters. The van der Waals surface area contributed by atoms with Crippen molar-refractivity contribution in [1.82, 2.24) is 15.2 Å². The second-order valence-corrected chi connectivity index (χ2v) is 1.16. The molecular weight excluding hydrogens is 161 g/mol. The molecule has 0 aliphatic carbocycles. The maximum atomic E-state index is 7.84. The van der Waals surface area contributed by atoms with Gasteiger partial charge in [-0.15, -0.1) is 0 Å². The van der Waals surface area contributed by atoms with Crippen LogP contribution in [0.1, 0.15) is 0 Å². The predicted octanol–water partition coefficient (Wildman–Crippen LogP) is -3.04. The quantitative estimate of drug-likeness (QED) is 0.205. The first kappa shape index (κ1) is 9.89. The molecule has 0 radical (unpaired) electrons. The summed E-state index contributed by atoms with van der Waals surface area (Å²) in [5.41, 5.74) is 12.9. The summed E-state index contributed by atoms with van der Waals surface area (Å²) < 4.78 is 0. The van der Waals surface area contributed by atoms with Gasteiger partial charge < -0.3 is 5.73 Å². The Bertz CT molecular complexity index is 246. The van der Waals surface area contributed by atoms with E-state index < -0.39 is 0 Å². The Balaban J connectivity index is 0.000000810. The molecule has 8 heteroatoms. The molecule has 1 rings (SSSR count). The van der Waals surface area contributed by atoms with Crippen LogP contribution in [0.4, 0.5) is 11.9 Å². The molecule has 2 N–H and O–H groups in total. The Morgan fingerprint density at radius 1 is 1.60 bits per heavy atom. The average molecular weight is 163 g/mol. The molecule has 0 aliphatic heterocycles. The van der Waals surface area contributed by atoms with Crippen LogP contribution in [0.15, 0.2) is 5.11 Å². The van der Waals surface area contributed by atoms with Gasteiger partial charge in [0.15, 0.2) is 0 Å². The van der Waals surface area contributed by atoms with Crippen molar-refractivity contribution in [1.29, 1.82) is 0 Å². The smallest absolute Gasteiger partial charge is 0.418 e. The van der Waals surface area contributed by atoms with Crippen LogP contribution in [0.2, 0.25) is 0 Å². The molecule has 1 aromatic rings. The summed E-state index contributed by atoms with van der Waals surface area (Å²) in [7, 11) is 0. The third-order valence-corrected chi connectivity index (χ3v) is 0.591. The van der Waals surface area contributed by atoms with E-state index in [9.17, 15) is 0 Å². The topological polar surface area (TPSA) is 115 Å². The fourth-order valence-electron chi connectivity index (χ4n) is 0.325. The first-order valence-corrected chi connectivity index (χ1v) is 2.01. The number of nitrogens with two attached hydrogens (primary N) is 1. The molecule has 1 aromatic heterocycles. The SMILES string of the molecule is [K+].[N-]=[N+]=Nc1nnc(N)[n-]1. The van der Waals surface area contributed by atoms with E-state index in [2.05, 4.69) is 25.2 Å². The normalized spacial score (nSPS) is 7.60. The molecule has 46 valence electrons. The minimum Gasteiger partial charge on any atom is -0.418 e. The van der Waals surface area contributed by atoms with Crippen LogP contribution in [-0.4, -0.2) is 10.2 Å². The van der Waals surface area contributed by atoms with Crippen LogP contribution in [0.5, 0.6) is 0 Å². The zero-order valence-electron chi connectivity index (χ0n) is 5.26.